The van der Waals surface area contributed by atoms with E-state index in [1.165, 1.54) is 7.11 Å². The van der Waals surface area contributed by atoms with E-state index in [1.54, 1.807) is 0 Å². The summed E-state index contributed by atoms with van der Waals surface area (Å²) in [7, 11) is 1.42. The van der Waals surface area contributed by atoms with Crippen molar-refractivity contribution in [2.45, 2.75) is 45.1 Å². The molecule has 0 saturated heterocycles. The van der Waals surface area contributed by atoms with Crippen molar-refractivity contribution in [1.29, 1.82) is 0 Å². The molecule has 1 aliphatic rings. The zero-order valence-corrected chi connectivity index (χ0v) is 8.38. The van der Waals surface area contributed by atoms with Gasteiger partial charge in [0.25, 0.3) is 0 Å². The van der Waals surface area contributed by atoms with Gasteiger partial charge in [0.15, 0.2) is 0 Å². The summed E-state index contributed by atoms with van der Waals surface area (Å²) >= 11 is 0. The minimum Gasteiger partial charge on any atom is -0.469 e. The topological polar surface area (TPSA) is 46.5 Å². The Hall–Kier alpha value is -0.570. The lowest BCUT2D eigenvalue weighted by atomic mass is 9.82. The number of aliphatic hydroxyl groups is 1. The Labute approximate surface area is 79.1 Å². The average Bonchev–Trinajstić information content (AvgIpc) is 2.48. The van der Waals surface area contributed by atoms with Crippen molar-refractivity contribution in [2.75, 3.05) is 7.11 Å². The first-order valence-electron chi connectivity index (χ1n) is 4.91. The molecule has 0 aliphatic heterocycles. The molecule has 1 rings (SSSR count). The molecule has 0 aromatic rings. The number of methoxy groups -OCH3 is 1. The summed E-state index contributed by atoms with van der Waals surface area (Å²) in [5, 5.41) is 9.43. The molecule has 0 spiro atoms. The predicted molar refractivity (Wildman–Crippen MR) is 49.2 cm³/mol. The van der Waals surface area contributed by atoms with Gasteiger partial charge >= 0.3 is 5.97 Å². The number of esters is 1. The van der Waals surface area contributed by atoms with Crippen molar-refractivity contribution >= 4 is 5.97 Å². The lowest BCUT2D eigenvalue weighted by Gasteiger charge is -2.24. The van der Waals surface area contributed by atoms with Crippen LogP contribution in [0.3, 0.4) is 0 Å². The molecular weight excluding hydrogens is 168 g/mol. The van der Waals surface area contributed by atoms with Crippen LogP contribution < -0.4 is 0 Å². The summed E-state index contributed by atoms with van der Waals surface area (Å²) in [6.45, 7) is 2.05. The summed E-state index contributed by atoms with van der Waals surface area (Å²) in [4.78, 5) is 11.5. The Bertz CT molecular complexity index is 187. The van der Waals surface area contributed by atoms with Gasteiger partial charge in [-0.1, -0.05) is 13.3 Å². The van der Waals surface area contributed by atoms with Crippen LogP contribution in [0, 0.1) is 5.41 Å². The number of rotatable bonds is 3. The van der Waals surface area contributed by atoms with Gasteiger partial charge in [0.1, 0.15) is 0 Å². The number of ether oxygens (including phenoxy) is 1. The van der Waals surface area contributed by atoms with Gasteiger partial charge in [-0.3, -0.25) is 4.79 Å². The highest BCUT2D eigenvalue weighted by atomic mass is 16.5. The molecule has 3 nitrogen and oxygen atoms in total. The van der Waals surface area contributed by atoms with Crippen molar-refractivity contribution in [2.24, 2.45) is 5.41 Å². The molecule has 1 fully saturated rings. The molecule has 1 aliphatic carbocycles. The molecule has 1 saturated carbocycles. The van der Waals surface area contributed by atoms with Gasteiger partial charge in [0, 0.05) is 0 Å². The van der Waals surface area contributed by atoms with E-state index in [-0.39, 0.29) is 17.5 Å². The lowest BCUT2D eigenvalue weighted by molar-refractivity contribution is -0.153. The molecule has 0 radical (unpaired) electrons. The highest BCUT2D eigenvalue weighted by Crippen LogP contribution is 2.42. The molecule has 0 heterocycles. The summed E-state index contributed by atoms with van der Waals surface area (Å²) in [6, 6.07) is 0. The van der Waals surface area contributed by atoms with Crippen molar-refractivity contribution in [1.82, 2.24) is 0 Å². The maximum absolute atomic E-state index is 11.5. The molecule has 2 atom stereocenters. The monoisotopic (exact) mass is 186 g/mol. The second-order valence-corrected chi connectivity index (χ2v) is 3.92. The Kier molecular flexibility index (Phi) is 3.31. The van der Waals surface area contributed by atoms with E-state index in [0.717, 1.165) is 25.7 Å². The second-order valence-electron chi connectivity index (χ2n) is 3.92. The first-order valence-corrected chi connectivity index (χ1v) is 4.91. The van der Waals surface area contributed by atoms with Gasteiger partial charge in [-0.05, 0) is 25.7 Å². The average molecular weight is 186 g/mol. The minimum atomic E-state index is -0.386. The first kappa shape index (κ1) is 10.5. The van der Waals surface area contributed by atoms with Gasteiger partial charge in [0.05, 0.1) is 18.6 Å². The zero-order valence-electron chi connectivity index (χ0n) is 8.38. The first-order chi connectivity index (χ1) is 6.14. The van der Waals surface area contributed by atoms with E-state index in [0.29, 0.717) is 6.42 Å². The number of hydrogen-bond acceptors (Lipinski definition) is 3. The van der Waals surface area contributed by atoms with Crippen LogP contribution in [0.5, 0.6) is 0 Å². The lowest BCUT2D eigenvalue weighted by Crippen LogP contribution is -2.30. The van der Waals surface area contributed by atoms with E-state index in [1.807, 2.05) is 0 Å². The fourth-order valence-corrected chi connectivity index (χ4v) is 2.31. The third kappa shape index (κ3) is 2.02. The number of carbonyl (C=O) groups excluding carboxylic acids is 1. The summed E-state index contributed by atoms with van der Waals surface area (Å²) in [5.74, 6) is -0.147. The quantitative estimate of drug-likeness (QED) is 0.679. The molecule has 0 bridgehead atoms. The van der Waals surface area contributed by atoms with Crippen LogP contribution in [0.15, 0.2) is 0 Å². The van der Waals surface area contributed by atoms with Crippen LogP contribution in [0.2, 0.25) is 0 Å². The van der Waals surface area contributed by atoms with Crippen molar-refractivity contribution in [3.05, 3.63) is 0 Å². The van der Waals surface area contributed by atoms with Crippen LogP contribution in [-0.2, 0) is 9.53 Å². The SMILES string of the molecule is CCC[C@]1(C(=O)OC)CC[C@@H](O)C1. The fourth-order valence-electron chi connectivity index (χ4n) is 2.31. The van der Waals surface area contributed by atoms with Crippen LogP contribution >= 0.6 is 0 Å². The van der Waals surface area contributed by atoms with Crippen LogP contribution in [0.25, 0.3) is 0 Å². The van der Waals surface area contributed by atoms with E-state index in [9.17, 15) is 9.90 Å². The Morgan fingerprint density at radius 2 is 2.38 bits per heavy atom. The van der Waals surface area contributed by atoms with Crippen LogP contribution in [0.1, 0.15) is 39.0 Å². The highest BCUT2D eigenvalue weighted by Gasteiger charge is 2.44. The molecule has 13 heavy (non-hydrogen) atoms. The number of hydrogen-bond donors (Lipinski definition) is 1. The molecular formula is C10H18O3. The molecule has 3 heteroatoms. The molecule has 0 aromatic heterocycles. The summed E-state index contributed by atoms with van der Waals surface area (Å²) in [5.41, 5.74) is -0.386. The van der Waals surface area contributed by atoms with Crippen LogP contribution in [-0.4, -0.2) is 24.3 Å². The maximum atomic E-state index is 11.5. The van der Waals surface area contributed by atoms with Gasteiger partial charge < -0.3 is 9.84 Å². The second kappa shape index (κ2) is 4.09. The van der Waals surface area contributed by atoms with E-state index in [4.69, 9.17) is 4.74 Å². The van der Waals surface area contributed by atoms with Gasteiger partial charge in [0.2, 0.25) is 0 Å². The Morgan fingerprint density at radius 1 is 1.69 bits per heavy atom. The van der Waals surface area contributed by atoms with Gasteiger partial charge in [-0.15, -0.1) is 0 Å². The van der Waals surface area contributed by atoms with Crippen molar-refractivity contribution in [3.8, 4) is 0 Å². The third-order valence-corrected chi connectivity index (χ3v) is 2.93. The number of carbonyl (C=O) groups is 1. The van der Waals surface area contributed by atoms with Crippen molar-refractivity contribution in [3.63, 3.8) is 0 Å². The largest absolute Gasteiger partial charge is 0.469 e. The molecule has 0 aromatic carbocycles. The molecule has 0 unspecified atom stereocenters. The minimum absolute atomic E-state index is 0.147. The fraction of sp³-hybridized carbons (Fsp3) is 0.900. The highest BCUT2D eigenvalue weighted by molar-refractivity contribution is 5.77. The summed E-state index contributed by atoms with van der Waals surface area (Å²) in [6.07, 6.45) is 3.56. The Balaban J connectivity index is 2.70. The van der Waals surface area contributed by atoms with E-state index in [2.05, 4.69) is 6.92 Å². The maximum Gasteiger partial charge on any atom is 0.311 e. The van der Waals surface area contributed by atoms with E-state index >= 15 is 0 Å². The van der Waals surface area contributed by atoms with Crippen molar-refractivity contribution < 1.29 is 14.6 Å². The molecule has 76 valence electrons. The zero-order chi connectivity index (χ0) is 9.90. The Morgan fingerprint density at radius 3 is 2.77 bits per heavy atom. The standard InChI is InChI=1S/C10H18O3/c1-3-5-10(9(12)13-2)6-4-8(11)7-10/h8,11H,3-7H2,1-2H3/t8-,10+/m1/s1. The molecule has 1 N–H and O–H groups in total. The van der Waals surface area contributed by atoms with Gasteiger partial charge in [-0.25, -0.2) is 0 Å². The third-order valence-electron chi connectivity index (χ3n) is 2.93. The smallest absolute Gasteiger partial charge is 0.311 e. The summed E-state index contributed by atoms with van der Waals surface area (Å²) < 4.78 is 4.79. The molecule has 0 amide bonds. The van der Waals surface area contributed by atoms with Crippen LogP contribution in [0.4, 0.5) is 0 Å². The number of aliphatic hydroxyl groups excluding tert-OH is 1. The normalized spacial score (nSPS) is 33.3. The van der Waals surface area contributed by atoms with Gasteiger partial charge in [-0.2, -0.15) is 0 Å². The predicted octanol–water partition coefficient (Wildman–Crippen LogP) is 1.49. The van der Waals surface area contributed by atoms with E-state index < -0.39 is 0 Å².